The van der Waals surface area contributed by atoms with E-state index in [4.69, 9.17) is 0 Å². The third-order valence-corrected chi connectivity index (χ3v) is 5.67. The molecule has 0 aromatic heterocycles. The summed E-state index contributed by atoms with van der Waals surface area (Å²) >= 11 is 0. The maximum absolute atomic E-state index is 12.8. The maximum Gasteiger partial charge on any atom is 0.323 e. The van der Waals surface area contributed by atoms with Crippen molar-refractivity contribution in [3.8, 4) is 0 Å². The lowest BCUT2D eigenvalue weighted by atomic mass is 10.3. The van der Waals surface area contributed by atoms with Gasteiger partial charge in [0.2, 0.25) is 10.0 Å². The number of carbonyl (C=O) groups excluding carboxylic acids is 1. The van der Waals surface area contributed by atoms with Gasteiger partial charge in [-0.3, -0.25) is 0 Å². The number of rotatable bonds is 5. The van der Waals surface area contributed by atoms with Crippen LogP contribution in [0.2, 0.25) is 0 Å². The molecule has 6 nitrogen and oxygen atoms in total. The highest BCUT2D eigenvalue weighted by Gasteiger charge is 2.22. The fourth-order valence-corrected chi connectivity index (χ4v) is 3.35. The summed E-state index contributed by atoms with van der Waals surface area (Å²) in [6, 6.07) is 10.5. The lowest BCUT2D eigenvalue weighted by Crippen LogP contribution is -2.33. The number of amides is 2. The topological polar surface area (TPSA) is 78.5 Å². The molecule has 2 amide bonds. The average molecular weight is 365 g/mol. The summed E-state index contributed by atoms with van der Waals surface area (Å²) in [7, 11) is -2.05. The first-order valence-corrected chi connectivity index (χ1v) is 9.06. The predicted octanol–water partition coefficient (Wildman–Crippen LogP) is 3.50. The van der Waals surface area contributed by atoms with Gasteiger partial charge in [-0.1, -0.05) is 0 Å². The zero-order chi connectivity index (χ0) is 18.6. The Hall–Kier alpha value is -2.45. The van der Waals surface area contributed by atoms with Crippen LogP contribution in [0.25, 0.3) is 0 Å². The number of carbonyl (C=O) groups is 1. The largest absolute Gasteiger partial charge is 0.323 e. The molecule has 2 rings (SSSR count). The van der Waals surface area contributed by atoms with Crippen molar-refractivity contribution in [2.75, 3.05) is 17.7 Å². The number of urea groups is 1. The van der Waals surface area contributed by atoms with Crippen molar-refractivity contribution in [2.45, 2.75) is 24.8 Å². The van der Waals surface area contributed by atoms with E-state index in [0.717, 1.165) is 0 Å². The van der Waals surface area contributed by atoms with E-state index < -0.39 is 21.9 Å². The molecule has 0 aliphatic rings. The van der Waals surface area contributed by atoms with Gasteiger partial charge in [-0.15, -0.1) is 0 Å². The van der Waals surface area contributed by atoms with Gasteiger partial charge in [-0.05, 0) is 62.4 Å². The normalized spacial score (nSPS) is 11.6. The fraction of sp³-hybridized carbons (Fsp3) is 0.235. The number of nitrogens with one attached hydrogen (secondary N) is 2. The number of benzene rings is 2. The van der Waals surface area contributed by atoms with Crippen LogP contribution < -0.4 is 10.6 Å². The van der Waals surface area contributed by atoms with Gasteiger partial charge in [0.05, 0.1) is 4.90 Å². The lowest BCUT2D eigenvalue weighted by molar-refractivity contribution is 0.262. The molecule has 0 fully saturated rings. The molecule has 2 aromatic carbocycles. The number of anilines is 2. The van der Waals surface area contributed by atoms with Gasteiger partial charge < -0.3 is 10.6 Å². The van der Waals surface area contributed by atoms with Crippen LogP contribution in [0.3, 0.4) is 0 Å². The van der Waals surface area contributed by atoms with Crippen molar-refractivity contribution in [3.63, 3.8) is 0 Å². The summed E-state index contributed by atoms with van der Waals surface area (Å²) in [5.41, 5.74) is 0.877. The Morgan fingerprint density at radius 3 is 1.84 bits per heavy atom. The molecule has 25 heavy (non-hydrogen) atoms. The molecule has 0 spiro atoms. The first-order valence-electron chi connectivity index (χ1n) is 7.62. The Morgan fingerprint density at radius 2 is 1.40 bits per heavy atom. The van der Waals surface area contributed by atoms with E-state index in [1.165, 1.54) is 59.9 Å². The smallest absolute Gasteiger partial charge is 0.308 e. The zero-order valence-corrected chi connectivity index (χ0v) is 15.0. The second-order valence-electron chi connectivity index (χ2n) is 5.73. The van der Waals surface area contributed by atoms with Crippen LogP contribution in [0.15, 0.2) is 53.4 Å². The van der Waals surface area contributed by atoms with Gasteiger partial charge in [0.1, 0.15) is 5.82 Å². The maximum atomic E-state index is 12.8. The quantitative estimate of drug-likeness (QED) is 0.851. The van der Waals surface area contributed by atoms with Gasteiger partial charge in [0, 0.05) is 24.5 Å². The predicted molar refractivity (Wildman–Crippen MR) is 95.6 cm³/mol. The molecule has 0 radical (unpaired) electrons. The molecule has 2 N–H and O–H groups in total. The van der Waals surface area contributed by atoms with Crippen molar-refractivity contribution in [1.29, 1.82) is 0 Å². The number of halogens is 1. The Kier molecular flexibility index (Phi) is 5.76. The van der Waals surface area contributed by atoms with Crippen molar-refractivity contribution < 1.29 is 17.6 Å². The Labute approximate surface area is 146 Å². The summed E-state index contributed by atoms with van der Waals surface area (Å²) in [6.45, 7) is 3.57. The van der Waals surface area contributed by atoms with Crippen molar-refractivity contribution in [2.24, 2.45) is 0 Å². The number of hydrogen-bond acceptors (Lipinski definition) is 3. The van der Waals surface area contributed by atoms with E-state index in [1.807, 2.05) is 0 Å². The van der Waals surface area contributed by atoms with Gasteiger partial charge in [-0.2, -0.15) is 4.31 Å². The van der Waals surface area contributed by atoms with Crippen LogP contribution in [0.5, 0.6) is 0 Å². The molecule has 0 saturated carbocycles. The molecule has 8 heteroatoms. The Bertz CT molecular complexity index is 834. The minimum Gasteiger partial charge on any atom is -0.308 e. The van der Waals surface area contributed by atoms with Crippen LogP contribution in [-0.2, 0) is 10.0 Å². The van der Waals surface area contributed by atoms with E-state index in [0.29, 0.717) is 11.4 Å². The summed E-state index contributed by atoms with van der Waals surface area (Å²) in [5, 5.41) is 5.14. The standard InChI is InChI=1S/C17H20FN3O3S/c1-12(2)21(3)25(23,24)16-10-8-15(9-11-16)20-17(22)19-14-6-4-13(18)5-7-14/h4-12H,1-3H3,(H2,19,20,22). The fourth-order valence-electron chi connectivity index (χ4n) is 1.98. The minimum absolute atomic E-state index is 0.146. The van der Waals surface area contributed by atoms with Gasteiger partial charge >= 0.3 is 6.03 Å². The number of nitrogens with zero attached hydrogens (tertiary/aromatic N) is 1. The van der Waals surface area contributed by atoms with Crippen molar-refractivity contribution in [1.82, 2.24) is 4.31 Å². The molecule has 0 aliphatic carbocycles. The molecule has 0 saturated heterocycles. The third kappa shape index (κ3) is 4.77. The number of sulfonamides is 1. The van der Waals surface area contributed by atoms with Crippen LogP contribution in [0.1, 0.15) is 13.8 Å². The molecule has 0 aliphatic heterocycles. The van der Waals surface area contributed by atoms with Crippen LogP contribution in [0.4, 0.5) is 20.6 Å². The van der Waals surface area contributed by atoms with E-state index in [2.05, 4.69) is 10.6 Å². The summed E-state index contributed by atoms with van der Waals surface area (Å²) in [5.74, 6) is -0.394. The highest BCUT2D eigenvalue weighted by atomic mass is 32.2. The Balaban J connectivity index is 2.05. The highest BCUT2D eigenvalue weighted by molar-refractivity contribution is 7.89. The molecular formula is C17H20FN3O3S. The van der Waals surface area contributed by atoms with Crippen LogP contribution >= 0.6 is 0 Å². The number of hydrogen-bond donors (Lipinski definition) is 2. The van der Waals surface area contributed by atoms with E-state index in [1.54, 1.807) is 13.8 Å². The molecule has 2 aromatic rings. The van der Waals surface area contributed by atoms with Gasteiger partial charge in [0.25, 0.3) is 0 Å². The Morgan fingerprint density at radius 1 is 0.960 bits per heavy atom. The van der Waals surface area contributed by atoms with Crippen molar-refractivity contribution >= 4 is 27.4 Å². The van der Waals surface area contributed by atoms with E-state index in [-0.39, 0.29) is 10.9 Å². The van der Waals surface area contributed by atoms with Gasteiger partial charge in [0.15, 0.2) is 0 Å². The molecular weight excluding hydrogens is 345 g/mol. The molecule has 0 atom stereocenters. The van der Waals surface area contributed by atoms with E-state index >= 15 is 0 Å². The molecule has 0 bridgehead atoms. The summed E-state index contributed by atoms with van der Waals surface area (Å²) in [4.78, 5) is 12.1. The highest BCUT2D eigenvalue weighted by Crippen LogP contribution is 2.19. The van der Waals surface area contributed by atoms with Gasteiger partial charge in [-0.25, -0.2) is 17.6 Å². The summed E-state index contributed by atoms with van der Waals surface area (Å²) in [6.07, 6.45) is 0. The molecule has 0 heterocycles. The lowest BCUT2D eigenvalue weighted by Gasteiger charge is -2.21. The monoisotopic (exact) mass is 365 g/mol. The third-order valence-electron chi connectivity index (χ3n) is 3.62. The first-order chi connectivity index (χ1) is 11.7. The second kappa shape index (κ2) is 7.62. The SMILES string of the molecule is CC(C)N(C)S(=O)(=O)c1ccc(NC(=O)Nc2ccc(F)cc2)cc1. The van der Waals surface area contributed by atoms with E-state index in [9.17, 15) is 17.6 Å². The van der Waals surface area contributed by atoms with Crippen LogP contribution in [0, 0.1) is 5.82 Å². The summed E-state index contributed by atoms with van der Waals surface area (Å²) < 4.78 is 38.8. The van der Waals surface area contributed by atoms with Crippen molar-refractivity contribution in [3.05, 3.63) is 54.3 Å². The average Bonchev–Trinajstić information content (AvgIpc) is 2.56. The zero-order valence-electron chi connectivity index (χ0n) is 14.2. The minimum atomic E-state index is -3.57. The van der Waals surface area contributed by atoms with Crippen LogP contribution in [-0.4, -0.2) is 31.8 Å². The first kappa shape index (κ1) is 18.9. The molecule has 0 unspecified atom stereocenters. The molecule has 134 valence electrons. The second-order valence-corrected chi connectivity index (χ2v) is 7.72.